The molecule has 0 aromatic heterocycles. The maximum Gasteiger partial charge on any atom is 0.238 e. The maximum atomic E-state index is 13.1. The normalized spacial score (nSPS) is 11.9. The van der Waals surface area contributed by atoms with Gasteiger partial charge >= 0.3 is 0 Å². The molecular weight excluding hydrogens is 398 g/mol. The number of nitrogens with zero attached hydrogens (tertiary/aromatic N) is 1. The summed E-state index contributed by atoms with van der Waals surface area (Å²) < 4.78 is 0. The van der Waals surface area contributed by atoms with Crippen molar-refractivity contribution in [3.05, 3.63) is 101 Å². The second kappa shape index (κ2) is 10.7. The van der Waals surface area contributed by atoms with Crippen molar-refractivity contribution >= 4 is 17.5 Å². The fraction of sp³-hybridized carbons (Fsp3) is 0.259. The summed E-state index contributed by atoms with van der Waals surface area (Å²) in [5.41, 5.74) is 4.91. The Bertz CT molecular complexity index is 1010. The molecule has 0 unspecified atom stereocenters. The lowest BCUT2D eigenvalue weighted by Gasteiger charge is -2.27. The number of amides is 2. The molecule has 0 fully saturated rings. The average Bonchev–Trinajstić information content (AvgIpc) is 2.80. The Kier molecular flexibility index (Phi) is 7.79. The Balaban J connectivity index is 1.66. The molecule has 2 amide bonds. The van der Waals surface area contributed by atoms with E-state index in [-0.39, 0.29) is 24.4 Å². The summed E-state index contributed by atoms with van der Waals surface area (Å²) in [6, 6.07) is 25.0. The van der Waals surface area contributed by atoms with Gasteiger partial charge in [-0.05, 0) is 56.1 Å². The molecule has 2 N–H and O–H groups in total. The summed E-state index contributed by atoms with van der Waals surface area (Å²) in [5, 5.41) is 6.11. The summed E-state index contributed by atoms with van der Waals surface area (Å²) in [6.45, 7) is 5.88. The van der Waals surface area contributed by atoms with Gasteiger partial charge in [0, 0.05) is 5.69 Å². The van der Waals surface area contributed by atoms with E-state index in [4.69, 9.17) is 0 Å². The van der Waals surface area contributed by atoms with Crippen LogP contribution in [0.5, 0.6) is 0 Å². The van der Waals surface area contributed by atoms with E-state index in [2.05, 4.69) is 10.6 Å². The van der Waals surface area contributed by atoms with Gasteiger partial charge in [-0.15, -0.1) is 0 Å². The zero-order valence-corrected chi connectivity index (χ0v) is 19.1. The molecule has 5 nitrogen and oxygen atoms in total. The summed E-state index contributed by atoms with van der Waals surface area (Å²) in [4.78, 5) is 27.4. The van der Waals surface area contributed by atoms with E-state index in [1.54, 1.807) is 11.9 Å². The van der Waals surface area contributed by atoms with Crippen LogP contribution < -0.4 is 10.6 Å². The van der Waals surface area contributed by atoms with E-state index >= 15 is 0 Å². The molecule has 3 rings (SSSR count). The molecular formula is C27H31N3O2. The maximum absolute atomic E-state index is 13.1. The molecule has 0 radical (unpaired) electrons. The quantitative estimate of drug-likeness (QED) is 0.555. The minimum absolute atomic E-state index is 0.114. The van der Waals surface area contributed by atoms with Crippen LogP contribution >= 0.6 is 0 Å². The molecule has 0 saturated heterocycles. The first kappa shape index (κ1) is 23.2. The predicted molar refractivity (Wildman–Crippen MR) is 130 cm³/mol. The van der Waals surface area contributed by atoms with Crippen LogP contribution in [0.1, 0.15) is 35.2 Å². The van der Waals surface area contributed by atoms with Gasteiger partial charge in [-0.3, -0.25) is 14.5 Å². The van der Waals surface area contributed by atoms with Crippen molar-refractivity contribution in [2.75, 3.05) is 18.9 Å². The molecule has 5 heteroatoms. The SMILES string of the molecule is Cc1ccc(C)c(NC(=O)CN(C)[C@@H](C)C(=O)NC(c2ccccc2)c2ccccc2)c1. The van der Waals surface area contributed by atoms with Crippen LogP contribution in [0.2, 0.25) is 0 Å². The van der Waals surface area contributed by atoms with Crippen LogP contribution in [0.4, 0.5) is 5.69 Å². The number of benzene rings is 3. The van der Waals surface area contributed by atoms with Crippen molar-refractivity contribution in [3.63, 3.8) is 0 Å². The molecule has 0 aliphatic rings. The van der Waals surface area contributed by atoms with Gasteiger partial charge in [-0.2, -0.15) is 0 Å². The molecule has 0 spiro atoms. The Hall–Kier alpha value is -3.44. The van der Waals surface area contributed by atoms with Crippen molar-refractivity contribution in [2.24, 2.45) is 0 Å². The van der Waals surface area contributed by atoms with Crippen molar-refractivity contribution in [1.82, 2.24) is 10.2 Å². The molecule has 0 heterocycles. The van der Waals surface area contributed by atoms with Gasteiger partial charge in [0.25, 0.3) is 0 Å². The number of carbonyl (C=O) groups is 2. The van der Waals surface area contributed by atoms with E-state index in [0.29, 0.717) is 0 Å². The van der Waals surface area contributed by atoms with Crippen molar-refractivity contribution < 1.29 is 9.59 Å². The van der Waals surface area contributed by atoms with Gasteiger partial charge in [0.05, 0.1) is 18.6 Å². The van der Waals surface area contributed by atoms with Crippen LogP contribution in [-0.2, 0) is 9.59 Å². The molecule has 0 saturated carbocycles. The highest BCUT2D eigenvalue weighted by Crippen LogP contribution is 2.22. The average molecular weight is 430 g/mol. The number of anilines is 1. The fourth-order valence-electron chi connectivity index (χ4n) is 3.54. The summed E-state index contributed by atoms with van der Waals surface area (Å²) >= 11 is 0. The van der Waals surface area contributed by atoms with Gasteiger partial charge < -0.3 is 10.6 Å². The van der Waals surface area contributed by atoms with Gasteiger partial charge in [0.2, 0.25) is 11.8 Å². The van der Waals surface area contributed by atoms with E-state index in [1.165, 1.54) is 0 Å². The van der Waals surface area contributed by atoms with Crippen LogP contribution in [0.3, 0.4) is 0 Å². The van der Waals surface area contributed by atoms with Gasteiger partial charge in [0.1, 0.15) is 0 Å². The molecule has 0 aliphatic carbocycles. The number of likely N-dealkylation sites (N-methyl/N-ethyl adjacent to an activating group) is 1. The summed E-state index contributed by atoms with van der Waals surface area (Å²) in [7, 11) is 1.78. The standard InChI is InChI=1S/C27H31N3O2/c1-19-15-16-20(2)24(17-19)28-25(31)18-30(4)21(3)27(32)29-26(22-11-7-5-8-12-22)23-13-9-6-10-14-23/h5-17,21,26H,18H2,1-4H3,(H,28,31)(H,29,32)/t21-/m0/s1. The van der Waals surface area contributed by atoms with E-state index in [9.17, 15) is 9.59 Å². The van der Waals surface area contributed by atoms with Crippen LogP contribution in [-0.4, -0.2) is 36.3 Å². The second-order valence-electron chi connectivity index (χ2n) is 8.22. The minimum atomic E-state index is -0.478. The van der Waals surface area contributed by atoms with Crippen molar-refractivity contribution in [1.29, 1.82) is 0 Å². The number of hydrogen-bond donors (Lipinski definition) is 2. The summed E-state index contributed by atoms with van der Waals surface area (Å²) in [6.07, 6.45) is 0. The largest absolute Gasteiger partial charge is 0.344 e. The van der Waals surface area contributed by atoms with E-state index < -0.39 is 6.04 Å². The highest BCUT2D eigenvalue weighted by Gasteiger charge is 2.24. The Morgan fingerprint density at radius 2 is 1.44 bits per heavy atom. The lowest BCUT2D eigenvalue weighted by Crippen LogP contribution is -2.47. The molecule has 0 bridgehead atoms. The molecule has 1 atom stereocenters. The highest BCUT2D eigenvalue weighted by atomic mass is 16.2. The third kappa shape index (κ3) is 6.05. The third-order valence-electron chi connectivity index (χ3n) is 5.65. The zero-order chi connectivity index (χ0) is 23.1. The molecule has 32 heavy (non-hydrogen) atoms. The molecule has 166 valence electrons. The van der Waals surface area contributed by atoms with E-state index in [0.717, 1.165) is 27.9 Å². The lowest BCUT2D eigenvalue weighted by atomic mass is 9.98. The van der Waals surface area contributed by atoms with Crippen molar-refractivity contribution in [2.45, 2.75) is 32.9 Å². The van der Waals surface area contributed by atoms with E-state index in [1.807, 2.05) is 99.6 Å². The Morgan fingerprint density at radius 1 is 0.875 bits per heavy atom. The van der Waals surface area contributed by atoms with Crippen molar-refractivity contribution in [3.8, 4) is 0 Å². The molecule has 3 aromatic rings. The van der Waals surface area contributed by atoms with Gasteiger partial charge in [0.15, 0.2) is 0 Å². The first-order valence-electron chi connectivity index (χ1n) is 10.8. The van der Waals surface area contributed by atoms with Crippen LogP contribution in [0.15, 0.2) is 78.9 Å². The number of aryl methyl sites for hydroxylation is 2. The van der Waals surface area contributed by atoms with Crippen LogP contribution in [0, 0.1) is 13.8 Å². The summed E-state index contributed by atoms with van der Waals surface area (Å²) in [5.74, 6) is -0.284. The predicted octanol–water partition coefficient (Wildman–Crippen LogP) is 4.47. The smallest absolute Gasteiger partial charge is 0.238 e. The first-order valence-corrected chi connectivity index (χ1v) is 10.8. The van der Waals surface area contributed by atoms with Gasteiger partial charge in [-0.1, -0.05) is 72.8 Å². The molecule has 0 aliphatic heterocycles. The number of carbonyl (C=O) groups excluding carboxylic acids is 2. The second-order valence-corrected chi connectivity index (χ2v) is 8.22. The first-order chi connectivity index (χ1) is 15.3. The number of rotatable bonds is 8. The zero-order valence-electron chi connectivity index (χ0n) is 19.1. The monoisotopic (exact) mass is 429 g/mol. The third-order valence-corrected chi connectivity index (χ3v) is 5.65. The number of nitrogens with one attached hydrogen (secondary N) is 2. The minimum Gasteiger partial charge on any atom is -0.344 e. The Morgan fingerprint density at radius 3 is 2.00 bits per heavy atom. The topological polar surface area (TPSA) is 61.4 Å². The van der Waals surface area contributed by atoms with Crippen LogP contribution in [0.25, 0.3) is 0 Å². The number of hydrogen-bond acceptors (Lipinski definition) is 3. The fourth-order valence-corrected chi connectivity index (χ4v) is 3.54. The van der Waals surface area contributed by atoms with Gasteiger partial charge in [-0.25, -0.2) is 0 Å². The highest BCUT2D eigenvalue weighted by molar-refractivity contribution is 5.93. The molecule has 3 aromatic carbocycles. The Labute approximate surface area is 190 Å². The lowest BCUT2D eigenvalue weighted by molar-refractivity contribution is -0.127.